The number of hydrogen-bond donors (Lipinski definition) is 1. The predicted molar refractivity (Wildman–Crippen MR) is 102 cm³/mol. The fraction of sp³-hybridized carbons (Fsp3) is 0.444. The number of nitrogens with one attached hydrogen (secondary N) is 1. The standard InChI is InChI=1S/C18H20Cl2N4O2/c1-10-11(2)22-15-9-12(3-4-14(15)21-10)17(25)23-13-5-7-24(8-6-13)18(26)16(19)20/h3-4,9,13,16H,5-8H2,1-2H3,(H,23,25). The minimum Gasteiger partial charge on any atom is -0.349 e. The smallest absolute Gasteiger partial charge is 0.255 e. The second kappa shape index (κ2) is 7.76. The van der Waals surface area contributed by atoms with E-state index in [2.05, 4.69) is 15.3 Å². The van der Waals surface area contributed by atoms with E-state index in [1.807, 2.05) is 19.9 Å². The molecule has 1 aromatic heterocycles. The summed E-state index contributed by atoms with van der Waals surface area (Å²) in [6.07, 6.45) is 1.34. The quantitative estimate of drug-likeness (QED) is 0.811. The molecule has 138 valence electrons. The van der Waals surface area contributed by atoms with Gasteiger partial charge < -0.3 is 10.2 Å². The fourth-order valence-electron chi connectivity index (χ4n) is 3.02. The largest absolute Gasteiger partial charge is 0.349 e. The Morgan fingerprint density at radius 3 is 2.35 bits per heavy atom. The lowest BCUT2D eigenvalue weighted by Gasteiger charge is -2.32. The Hall–Kier alpha value is -1.92. The summed E-state index contributed by atoms with van der Waals surface area (Å²) >= 11 is 11.2. The molecule has 2 amide bonds. The van der Waals surface area contributed by atoms with Crippen molar-refractivity contribution in [1.82, 2.24) is 20.2 Å². The van der Waals surface area contributed by atoms with Gasteiger partial charge in [-0.25, -0.2) is 9.97 Å². The van der Waals surface area contributed by atoms with Crippen LogP contribution in [0.3, 0.4) is 0 Å². The van der Waals surface area contributed by atoms with Gasteiger partial charge in [0.05, 0.1) is 22.4 Å². The van der Waals surface area contributed by atoms with Gasteiger partial charge in [-0.1, -0.05) is 23.2 Å². The zero-order valence-corrected chi connectivity index (χ0v) is 16.1. The van der Waals surface area contributed by atoms with Gasteiger partial charge in [0.15, 0.2) is 4.84 Å². The van der Waals surface area contributed by atoms with Crippen LogP contribution >= 0.6 is 23.2 Å². The van der Waals surface area contributed by atoms with Crippen molar-refractivity contribution in [3.63, 3.8) is 0 Å². The van der Waals surface area contributed by atoms with Crippen LogP contribution in [0.25, 0.3) is 11.0 Å². The SMILES string of the molecule is Cc1nc2ccc(C(=O)NC3CCN(C(=O)C(Cl)Cl)CC3)cc2nc1C. The number of piperidine rings is 1. The van der Waals surface area contributed by atoms with Gasteiger partial charge in [0.25, 0.3) is 11.8 Å². The molecule has 1 aliphatic rings. The van der Waals surface area contributed by atoms with E-state index in [9.17, 15) is 9.59 Å². The molecule has 0 aliphatic carbocycles. The van der Waals surface area contributed by atoms with Crippen LogP contribution in [-0.4, -0.2) is 50.6 Å². The molecule has 0 bridgehead atoms. The maximum atomic E-state index is 12.6. The van der Waals surface area contributed by atoms with Gasteiger partial charge in [-0.05, 0) is 44.9 Å². The summed E-state index contributed by atoms with van der Waals surface area (Å²) < 4.78 is 0. The normalized spacial score (nSPS) is 15.5. The maximum Gasteiger partial charge on any atom is 0.255 e. The van der Waals surface area contributed by atoms with Crippen LogP contribution in [0.5, 0.6) is 0 Å². The lowest BCUT2D eigenvalue weighted by Crippen LogP contribution is -2.47. The van der Waals surface area contributed by atoms with Crippen molar-refractivity contribution in [1.29, 1.82) is 0 Å². The number of amides is 2. The molecule has 2 aromatic rings. The summed E-state index contributed by atoms with van der Waals surface area (Å²) in [6, 6.07) is 5.34. The number of alkyl halides is 2. The van der Waals surface area contributed by atoms with Crippen molar-refractivity contribution in [2.45, 2.75) is 37.6 Å². The molecule has 1 aromatic carbocycles. The first-order chi connectivity index (χ1) is 12.3. The molecule has 1 aliphatic heterocycles. The van der Waals surface area contributed by atoms with Gasteiger partial charge in [-0.3, -0.25) is 9.59 Å². The van der Waals surface area contributed by atoms with Gasteiger partial charge in [0.2, 0.25) is 0 Å². The highest BCUT2D eigenvalue weighted by Gasteiger charge is 2.27. The average molecular weight is 395 g/mol. The van der Waals surface area contributed by atoms with Crippen molar-refractivity contribution >= 4 is 46.0 Å². The maximum absolute atomic E-state index is 12.6. The van der Waals surface area contributed by atoms with Crippen LogP contribution in [0.4, 0.5) is 0 Å². The highest BCUT2D eigenvalue weighted by molar-refractivity contribution is 6.53. The molecule has 0 radical (unpaired) electrons. The van der Waals surface area contributed by atoms with Gasteiger partial charge in [-0.15, -0.1) is 0 Å². The van der Waals surface area contributed by atoms with E-state index in [4.69, 9.17) is 23.2 Å². The van der Waals surface area contributed by atoms with Crippen molar-refractivity contribution in [3.8, 4) is 0 Å². The van der Waals surface area contributed by atoms with Crippen molar-refractivity contribution in [2.24, 2.45) is 0 Å². The Balaban J connectivity index is 1.65. The number of aryl methyl sites for hydroxylation is 2. The van der Waals surface area contributed by atoms with Gasteiger partial charge in [-0.2, -0.15) is 0 Å². The summed E-state index contributed by atoms with van der Waals surface area (Å²) in [5.74, 6) is -0.429. The highest BCUT2D eigenvalue weighted by Crippen LogP contribution is 2.17. The Kier molecular flexibility index (Phi) is 5.63. The number of aromatic nitrogens is 2. The summed E-state index contributed by atoms with van der Waals surface area (Å²) in [7, 11) is 0. The van der Waals surface area contributed by atoms with Crippen LogP contribution in [0.2, 0.25) is 0 Å². The molecule has 1 fully saturated rings. The fourth-order valence-corrected chi connectivity index (χ4v) is 3.30. The van der Waals surface area contributed by atoms with Gasteiger partial charge in [0, 0.05) is 24.7 Å². The zero-order valence-electron chi connectivity index (χ0n) is 14.6. The van der Waals surface area contributed by atoms with Crippen LogP contribution in [0, 0.1) is 13.8 Å². The minimum absolute atomic E-state index is 0.0113. The summed E-state index contributed by atoms with van der Waals surface area (Å²) in [5, 5.41) is 3.02. The third-order valence-corrected chi connectivity index (χ3v) is 5.04. The number of rotatable bonds is 3. The summed E-state index contributed by atoms with van der Waals surface area (Å²) in [4.78, 5) is 33.9. The third-order valence-electron chi connectivity index (χ3n) is 4.67. The van der Waals surface area contributed by atoms with Crippen LogP contribution in [-0.2, 0) is 4.79 Å². The van der Waals surface area contributed by atoms with E-state index in [1.54, 1.807) is 17.0 Å². The minimum atomic E-state index is -1.04. The molecule has 26 heavy (non-hydrogen) atoms. The van der Waals surface area contributed by atoms with Crippen LogP contribution < -0.4 is 5.32 Å². The van der Waals surface area contributed by atoms with E-state index in [1.165, 1.54) is 0 Å². The highest BCUT2D eigenvalue weighted by atomic mass is 35.5. The number of carbonyl (C=O) groups excluding carboxylic acids is 2. The molecule has 3 rings (SSSR count). The molecular formula is C18H20Cl2N4O2. The molecular weight excluding hydrogens is 375 g/mol. The average Bonchev–Trinajstić information content (AvgIpc) is 2.62. The van der Waals surface area contributed by atoms with E-state index in [0.29, 0.717) is 37.0 Å². The second-order valence-electron chi connectivity index (χ2n) is 6.47. The molecule has 2 heterocycles. The number of fused-ring (bicyclic) bond motifs is 1. The summed E-state index contributed by atoms with van der Waals surface area (Å²) in [5.41, 5.74) is 3.76. The molecule has 8 heteroatoms. The molecule has 6 nitrogen and oxygen atoms in total. The number of nitrogens with zero attached hydrogens (tertiary/aromatic N) is 3. The first-order valence-corrected chi connectivity index (χ1v) is 9.35. The molecule has 1 saturated heterocycles. The van der Waals surface area contributed by atoms with E-state index in [-0.39, 0.29) is 17.9 Å². The number of benzene rings is 1. The molecule has 0 atom stereocenters. The molecule has 0 saturated carbocycles. The Labute approximate surface area is 161 Å². The number of carbonyl (C=O) groups is 2. The molecule has 0 unspecified atom stereocenters. The van der Waals surface area contributed by atoms with Crippen molar-refractivity contribution < 1.29 is 9.59 Å². The van der Waals surface area contributed by atoms with Crippen LogP contribution in [0.1, 0.15) is 34.6 Å². The Morgan fingerprint density at radius 1 is 1.12 bits per heavy atom. The number of hydrogen-bond acceptors (Lipinski definition) is 4. The molecule has 0 spiro atoms. The van der Waals surface area contributed by atoms with Crippen molar-refractivity contribution in [2.75, 3.05) is 13.1 Å². The van der Waals surface area contributed by atoms with Gasteiger partial charge in [0.1, 0.15) is 0 Å². The van der Waals surface area contributed by atoms with Crippen molar-refractivity contribution in [3.05, 3.63) is 35.2 Å². The lowest BCUT2D eigenvalue weighted by molar-refractivity contribution is -0.130. The third kappa shape index (κ3) is 4.07. The second-order valence-corrected chi connectivity index (χ2v) is 7.57. The first-order valence-electron chi connectivity index (χ1n) is 8.48. The van der Waals surface area contributed by atoms with Crippen LogP contribution in [0.15, 0.2) is 18.2 Å². The van der Waals surface area contributed by atoms with E-state index >= 15 is 0 Å². The number of halogens is 2. The van der Waals surface area contributed by atoms with E-state index < -0.39 is 4.84 Å². The monoisotopic (exact) mass is 394 g/mol. The Morgan fingerprint density at radius 2 is 1.73 bits per heavy atom. The van der Waals surface area contributed by atoms with Gasteiger partial charge >= 0.3 is 0 Å². The number of likely N-dealkylation sites (tertiary alicyclic amines) is 1. The Bertz CT molecular complexity index is 848. The first kappa shape index (κ1) is 18.9. The predicted octanol–water partition coefficient (Wildman–Crippen LogP) is 2.77. The summed E-state index contributed by atoms with van der Waals surface area (Å²) in [6.45, 7) is 4.87. The topological polar surface area (TPSA) is 75.2 Å². The van der Waals surface area contributed by atoms with E-state index in [0.717, 1.165) is 16.9 Å². The molecule has 1 N–H and O–H groups in total. The zero-order chi connectivity index (χ0) is 18.8. The lowest BCUT2D eigenvalue weighted by atomic mass is 10.0.